The highest BCUT2D eigenvalue weighted by Crippen LogP contribution is 2.05. The second-order valence-corrected chi connectivity index (χ2v) is 4.12. The van der Waals surface area contributed by atoms with E-state index in [1.54, 1.807) is 6.33 Å². The van der Waals surface area contributed by atoms with Gasteiger partial charge in [0.05, 0.1) is 0 Å². The van der Waals surface area contributed by atoms with Gasteiger partial charge in [0, 0.05) is 23.9 Å². The first kappa shape index (κ1) is 13.1. The minimum atomic E-state index is 0.541. The molecule has 0 saturated heterocycles. The fourth-order valence-corrected chi connectivity index (χ4v) is 1.71. The average molecular weight is 221 g/mol. The predicted molar refractivity (Wildman–Crippen MR) is 67.5 cm³/mol. The molecule has 0 saturated carbocycles. The van der Waals surface area contributed by atoms with E-state index >= 15 is 0 Å². The van der Waals surface area contributed by atoms with Crippen molar-refractivity contribution in [1.82, 2.24) is 15.3 Å². The fourth-order valence-electron chi connectivity index (χ4n) is 1.71. The summed E-state index contributed by atoms with van der Waals surface area (Å²) in [6.45, 7) is 7.62. The van der Waals surface area contributed by atoms with Crippen LogP contribution in [0.3, 0.4) is 0 Å². The number of aromatic nitrogens is 2. The van der Waals surface area contributed by atoms with E-state index in [0.29, 0.717) is 6.04 Å². The van der Waals surface area contributed by atoms with Gasteiger partial charge >= 0.3 is 0 Å². The Labute approximate surface area is 98.7 Å². The van der Waals surface area contributed by atoms with Gasteiger partial charge in [-0.1, -0.05) is 20.8 Å². The second kappa shape index (κ2) is 7.34. The van der Waals surface area contributed by atoms with Crippen molar-refractivity contribution in [1.29, 1.82) is 0 Å². The summed E-state index contributed by atoms with van der Waals surface area (Å²) in [6, 6.07) is 2.66. The third-order valence-electron chi connectivity index (χ3n) is 2.77. The summed E-state index contributed by atoms with van der Waals surface area (Å²) < 4.78 is 0. The zero-order valence-electron chi connectivity index (χ0n) is 10.7. The fraction of sp³-hybridized carbons (Fsp3) is 0.692. The molecule has 3 heteroatoms. The van der Waals surface area contributed by atoms with Crippen LogP contribution >= 0.6 is 0 Å². The van der Waals surface area contributed by atoms with Gasteiger partial charge < -0.3 is 5.32 Å². The number of nitrogens with zero attached hydrogens (tertiary/aromatic N) is 2. The normalized spacial score (nSPS) is 12.7. The van der Waals surface area contributed by atoms with Crippen LogP contribution in [0.1, 0.15) is 45.0 Å². The van der Waals surface area contributed by atoms with Crippen LogP contribution in [-0.4, -0.2) is 22.6 Å². The molecule has 0 aliphatic heterocycles. The molecule has 0 aliphatic carbocycles. The summed E-state index contributed by atoms with van der Waals surface area (Å²) in [5.74, 6) is 0. The molecule has 0 fully saturated rings. The molecule has 0 radical (unpaired) electrons. The molecular formula is C13H23N3. The number of hydrogen-bond acceptors (Lipinski definition) is 3. The first-order valence-electron chi connectivity index (χ1n) is 6.33. The molecule has 1 rings (SSSR count). The molecule has 1 N–H and O–H groups in total. The summed E-state index contributed by atoms with van der Waals surface area (Å²) in [4.78, 5) is 8.55. The largest absolute Gasteiger partial charge is 0.314 e. The Bertz CT molecular complexity index is 299. The lowest BCUT2D eigenvalue weighted by Gasteiger charge is -2.16. The van der Waals surface area contributed by atoms with Gasteiger partial charge in [-0.25, -0.2) is 9.97 Å². The Hall–Kier alpha value is -0.960. The average Bonchev–Trinajstić information content (AvgIpc) is 2.34. The Kier molecular flexibility index (Phi) is 6.01. The molecular weight excluding hydrogens is 198 g/mol. The van der Waals surface area contributed by atoms with E-state index in [0.717, 1.165) is 37.2 Å². The van der Waals surface area contributed by atoms with Gasteiger partial charge in [0.2, 0.25) is 0 Å². The maximum Gasteiger partial charge on any atom is 0.115 e. The zero-order valence-corrected chi connectivity index (χ0v) is 10.7. The van der Waals surface area contributed by atoms with E-state index in [-0.39, 0.29) is 0 Å². The lowest BCUT2D eigenvalue weighted by molar-refractivity contribution is 0.490. The van der Waals surface area contributed by atoms with Crippen molar-refractivity contribution in [3.63, 3.8) is 0 Å². The van der Waals surface area contributed by atoms with Crippen LogP contribution < -0.4 is 5.32 Å². The molecule has 0 spiro atoms. The minimum Gasteiger partial charge on any atom is -0.314 e. The van der Waals surface area contributed by atoms with E-state index in [4.69, 9.17) is 0 Å². The van der Waals surface area contributed by atoms with Crippen LogP contribution in [0.15, 0.2) is 12.4 Å². The molecule has 1 atom stereocenters. The van der Waals surface area contributed by atoms with Crippen LogP contribution in [0.5, 0.6) is 0 Å². The standard InChI is InChI=1S/C13H23N3/c1-4-7-14-11(5-2)8-13-9-12(6-3)15-10-16-13/h9-11,14H,4-8H2,1-3H3. The molecule has 16 heavy (non-hydrogen) atoms. The van der Waals surface area contributed by atoms with Crippen molar-refractivity contribution >= 4 is 0 Å². The van der Waals surface area contributed by atoms with Crippen molar-refractivity contribution in [3.8, 4) is 0 Å². The van der Waals surface area contributed by atoms with Gasteiger partial charge in [0.1, 0.15) is 6.33 Å². The summed E-state index contributed by atoms with van der Waals surface area (Å²) in [5, 5.41) is 3.54. The van der Waals surface area contributed by atoms with Crippen molar-refractivity contribution in [2.45, 2.75) is 52.5 Å². The minimum absolute atomic E-state index is 0.541. The molecule has 1 heterocycles. The van der Waals surface area contributed by atoms with Crippen molar-refractivity contribution in [2.24, 2.45) is 0 Å². The highest BCUT2D eigenvalue weighted by atomic mass is 14.9. The third-order valence-corrected chi connectivity index (χ3v) is 2.77. The van der Waals surface area contributed by atoms with Gasteiger partial charge in [-0.2, -0.15) is 0 Å². The zero-order chi connectivity index (χ0) is 11.8. The molecule has 0 bridgehead atoms. The Balaban J connectivity index is 2.55. The van der Waals surface area contributed by atoms with E-state index in [9.17, 15) is 0 Å². The number of hydrogen-bond donors (Lipinski definition) is 1. The van der Waals surface area contributed by atoms with Crippen molar-refractivity contribution in [2.75, 3.05) is 6.54 Å². The second-order valence-electron chi connectivity index (χ2n) is 4.12. The van der Waals surface area contributed by atoms with E-state index < -0.39 is 0 Å². The first-order chi connectivity index (χ1) is 7.80. The quantitative estimate of drug-likeness (QED) is 0.768. The van der Waals surface area contributed by atoms with Crippen LogP contribution in [0, 0.1) is 0 Å². The molecule has 1 aromatic heterocycles. The van der Waals surface area contributed by atoms with Crippen LogP contribution in [0.4, 0.5) is 0 Å². The lowest BCUT2D eigenvalue weighted by Crippen LogP contribution is -2.31. The Morgan fingerprint density at radius 3 is 2.56 bits per heavy atom. The third kappa shape index (κ3) is 4.27. The monoisotopic (exact) mass is 221 g/mol. The van der Waals surface area contributed by atoms with Crippen LogP contribution in [0.25, 0.3) is 0 Å². The highest BCUT2D eigenvalue weighted by molar-refractivity contribution is 5.09. The summed E-state index contributed by atoms with van der Waals surface area (Å²) in [7, 11) is 0. The molecule has 1 unspecified atom stereocenters. The lowest BCUT2D eigenvalue weighted by atomic mass is 10.1. The molecule has 90 valence electrons. The van der Waals surface area contributed by atoms with E-state index in [2.05, 4.69) is 42.1 Å². The summed E-state index contributed by atoms with van der Waals surface area (Å²) in [6.07, 6.45) is 5.99. The Morgan fingerprint density at radius 2 is 1.94 bits per heavy atom. The van der Waals surface area contributed by atoms with E-state index in [1.165, 1.54) is 6.42 Å². The Morgan fingerprint density at radius 1 is 1.19 bits per heavy atom. The molecule has 1 aromatic rings. The summed E-state index contributed by atoms with van der Waals surface area (Å²) in [5.41, 5.74) is 2.29. The smallest absolute Gasteiger partial charge is 0.115 e. The maximum atomic E-state index is 4.33. The van der Waals surface area contributed by atoms with Gasteiger partial charge in [-0.05, 0) is 31.9 Å². The maximum absolute atomic E-state index is 4.33. The summed E-state index contributed by atoms with van der Waals surface area (Å²) >= 11 is 0. The SMILES string of the molecule is CCCNC(CC)Cc1cc(CC)ncn1. The van der Waals surface area contributed by atoms with Gasteiger partial charge in [-0.15, -0.1) is 0 Å². The number of aryl methyl sites for hydroxylation is 1. The predicted octanol–water partition coefficient (Wildman–Crippen LogP) is 2.36. The molecule has 3 nitrogen and oxygen atoms in total. The van der Waals surface area contributed by atoms with E-state index in [1.807, 2.05) is 0 Å². The number of nitrogens with one attached hydrogen (secondary N) is 1. The first-order valence-corrected chi connectivity index (χ1v) is 6.33. The number of rotatable bonds is 7. The van der Waals surface area contributed by atoms with Crippen molar-refractivity contribution in [3.05, 3.63) is 23.8 Å². The molecule has 0 aliphatic rings. The van der Waals surface area contributed by atoms with Crippen LogP contribution in [0.2, 0.25) is 0 Å². The molecule has 0 aromatic carbocycles. The highest BCUT2D eigenvalue weighted by Gasteiger charge is 2.07. The van der Waals surface area contributed by atoms with Crippen molar-refractivity contribution < 1.29 is 0 Å². The topological polar surface area (TPSA) is 37.8 Å². The van der Waals surface area contributed by atoms with Crippen LogP contribution in [-0.2, 0) is 12.8 Å². The molecule has 0 amide bonds. The van der Waals surface area contributed by atoms with Gasteiger partial charge in [0.25, 0.3) is 0 Å². The van der Waals surface area contributed by atoms with Gasteiger partial charge in [-0.3, -0.25) is 0 Å². The van der Waals surface area contributed by atoms with Gasteiger partial charge in [0.15, 0.2) is 0 Å².